The first-order valence-electron chi connectivity index (χ1n) is 4.78. The fraction of sp³-hybridized carbons (Fsp3) is 0.455. The topological polar surface area (TPSA) is 30.2 Å². The van der Waals surface area contributed by atoms with Gasteiger partial charge in [-0.3, -0.25) is 4.99 Å². The minimum absolute atomic E-state index is 0.608. The van der Waals surface area contributed by atoms with Crippen LogP contribution in [0.3, 0.4) is 0 Å². The highest BCUT2D eigenvalue weighted by molar-refractivity contribution is 5.76. The van der Waals surface area contributed by atoms with Crippen LogP contribution in [0.25, 0.3) is 5.70 Å². The molecule has 0 fully saturated rings. The molecule has 0 aromatic carbocycles. The first-order chi connectivity index (χ1) is 6.65. The lowest BCUT2D eigenvalue weighted by molar-refractivity contribution is 0.657. The summed E-state index contributed by atoms with van der Waals surface area (Å²) in [6, 6.07) is 0. The molecule has 0 saturated heterocycles. The summed E-state index contributed by atoms with van der Waals surface area (Å²) in [4.78, 5) is 8.14. The van der Waals surface area contributed by atoms with Crippen LogP contribution in [0.2, 0.25) is 0 Å². The molecule has 0 atom stereocenters. The van der Waals surface area contributed by atoms with Gasteiger partial charge in [-0.2, -0.15) is 0 Å². The highest BCUT2D eigenvalue weighted by Gasteiger charge is 2.04. The van der Waals surface area contributed by atoms with E-state index in [4.69, 9.17) is 0 Å². The second-order valence-electron chi connectivity index (χ2n) is 3.71. The van der Waals surface area contributed by atoms with E-state index in [0.29, 0.717) is 5.92 Å². The summed E-state index contributed by atoms with van der Waals surface area (Å²) in [6.07, 6.45) is 6.40. The van der Waals surface area contributed by atoms with Crippen molar-refractivity contribution in [2.45, 2.75) is 20.3 Å². The number of hydrogen-bond donors (Lipinski definition) is 0. The Morgan fingerprint density at radius 3 is 3.00 bits per heavy atom. The summed E-state index contributed by atoms with van der Waals surface area (Å²) in [5.74, 6) is 1.45. The van der Waals surface area contributed by atoms with Crippen LogP contribution in [0.15, 0.2) is 24.0 Å². The number of hydrogen-bond acceptors (Lipinski definition) is 2. The second-order valence-corrected chi connectivity index (χ2v) is 3.71. The Morgan fingerprint density at radius 2 is 2.43 bits per heavy atom. The van der Waals surface area contributed by atoms with E-state index < -0.39 is 0 Å². The number of nitrogens with zero attached hydrogens (tertiary/aromatic N) is 3. The van der Waals surface area contributed by atoms with Gasteiger partial charge in [0.1, 0.15) is 0 Å². The molecule has 0 amide bonds. The molecule has 0 spiro atoms. The molecule has 14 heavy (non-hydrogen) atoms. The molecule has 0 aliphatic rings. The van der Waals surface area contributed by atoms with Crippen LogP contribution in [-0.4, -0.2) is 22.8 Å². The van der Waals surface area contributed by atoms with Gasteiger partial charge in [-0.05, 0) is 12.3 Å². The van der Waals surface area contributed by atoms with E-state index >= 15 is 0 Å². The maximum atomic E-state index is 4.19. The van der Waals surface area contributed by atoms with Gasteiger partial charge in [-0.15, -0.1) is 0 Å². The van der Waals surface area contributed by atoms with E-state index in [-0.39, 0.29) is 0 Å². The molecule has 1 aromatic rings. The van der Waals surface area contributed by atoms with Crippen LogP contribution in [-0.2, 0) is 0 Å². The van der Waals surface area contributed by atoms with Crippen molar-refractivity contribution >= 4 is 11.9 Å². The van der Waals surface area contributed by atoms with Gasteiger partial charge in [0.2, 0.25) is 0 Å². The Labute approximate surface area is 85.2 Å². The first-order valence-corrected chi connectivity index (χ1v) is 4.78. The quantitative estimate of drug-likeness (QED) is 0.672. The summed E-state index contributed by atoms with van der Waals surface area (Å²) in [5, 5.41) is 0. The Hall–Kier alpha value is -1.38. The molecule has 0 bridgehead atoms. The average Bonchev–Trinajstić information content (AvgIpc) is 2.51. The summed E-state index contributed by atoms with van der Waals surface area (Å²) in [6.45, 7) is 8.39. The first kappa shape index (κ1) is 10.7. The third kappa shape index (κ3) is 2.55. The summed E-state index contributed by atoms with van der Waals surface area (Å²) in [7, 11) is 1.74. The van der Waals surface area contributed by atoms with Crippen LogP contribution in [0, 0.1) is 5.92 Å². The number of imidazole rings is 1. The van der Waals surface area contributed by atoms with E-state index in [0.717, 1.165) is 17.9 Å². The lowest BCUT2D eigenvalue weighted by atomic mass is 10.1. The number of rotatable bonds is 4. The molecule has 76 valence electrons. The second kappa shape index (κ2) is 4.74. The van der Waals surface area contributed by atoms with Crippen LogP contribution < -0.4 is 0 Å². The zero-order chi connectivity index (χ0) is 10.6. The molecule has 3 nitrogen and oxygen atoms in total. The fourth-order valence-electron chi connectivity index (χ4n) is 1.36. The zero-order valence-electron chi connectivity index (χ0n) is 9.07. The Bertz CT molecular complexity index is 334. The Morgan fingerprint density at radius 1 is 1.71 bits per heavy atom. The molecule has 1 aromatic heterocycles. The molecule has 1 rings (SSSR count). The van der Waals surface area contributed by atoms with E-state index in [1.807, 2.05) is 10.8 Å². The summed E-state index contributed by atoms with van der Waals surface area (Å²) < 4.78 is 1.98. The minimum atomic E-state index is 0.608. The average molecular weight is 191 g/mol. The SMILES string of the molecule is C=C(CC(C)C)n1ccnc1/C=N\C. The van der Waals surface area contributed by atoms with Crippen molar-refractivity contribution in [2.24, 2.45) is 10.9 Å². The number of aliphatic imine (C=N–C) groups is 1. The molecule has 0 aliphatic carbocycles. The van der Waals surface area contributed by atoms with Crippen molar-refractivity contribution in [1.82, 2.24) is 9.55 Å². The van der Waals surface area contributed by atoms with Gasteiger partial charge in [-0.25, -0.2) is 4.98 Å². The van der Waals surface area contributed by atoms with Crippen molar-refractivity contribution in [3.63, 3.8) is 0 Å². The van der Waals surface area contributed by atoms with Crippen molar-refractivity contribution < 1.29 is 0 Å². The van der Waals surface area contributed by atoms with Crippen molar-refractivity contribution in [3.05, 3.63) is 24.8 Å². The molecule has 0 saturated carbocycles. The van der Waals surface area contributed by atoms with Crippen LogP contribution in [0.1, 0.15) is 26.1 Å². The Kier molecular flexibility index (Phi) is 3.63. The lowest BCUT2D eigenvalue weighted by Crippen LogP contribution is -2.03. The number of aromatic nitrogens is 2. The predicted octanol–water partition coefficient (Wildman–Crippen LogP) is 2.45. The van der Waals surface area contributed by atoms with Crippen LogP contribution in [0.5, 0.6) is 0 Å². The number of allylic oxidation sites excluding steroid dienone is 1. The largest absolute Gasteiger partial charge is 0.303 e. The van der Waals surface area contributed by atoms with Gasteiger partial charge in [0.05, 0.1) is 6.21 Å². The van der Waals surface area contributed by atoms with Crippen molar-refractivity contribution in [3.8, 4) is 0 Å². The van der Waals surface area contributed by atoms with Crippen molar-refractivity contribution in [2.75, 3.05) is 7.05 Å². The van der Waals surface area contributed by atoms with Crippen molar-refractivity contribution in [1.29, 1.82) is 0 Å². The zero-order valence-corrected chi connectivity index (χ0v) is 9.07. The van der Waals surface area contributed by atoms with Gasteiger partial charge < -0.3 is 4.57 Å². The standard InChI is InChI=1S/C11H17N3/c1-9(2)7-10(3)14-6-5-13-11(14)8-12-4/h5-6,8-9H,3,7H2,1-2,4H3/b12-8-. The molecule has 0 unspecified atom stereocenters. The van der Waals surface area contributed by atoms with E-state index in [1.165, 1.54) is 0 Å². The molecule has 1 heterocycles. The van der Waals surface area contributed by atoms with Crippen LogP contribution in [0.4, 0.5) is 0 Å². The van der Waals surface area contributed by atoms with E-state index in [2.05, 4.69) is 30.4 Å². The highest BCUT2D eigenvalue weighted by atomic mass is 15.1. The van der Waals surface area contributed by atoms with Gasteiger partial charge >= 0.3 is 0 Å². The third-order valence-corrected chi connectivity index (χ3v) is 1.90. The van der Waals surface area contributed by atoms with Gasteiger partial charge in [0, 0.05) is 25.1 Å². The third-order valence-electron chi connectivity index (χ3n) is 1.90. The van der Waals surface area contributed by atoms with E-state index in [1.54, 1.807) is 19.5 Å². The maximum absolute atomic E-state index is 4.19. The normalized spacial score (nSPS) is 11.4. The molecule has 0 aliphatic heterocycles. The minimum Gasteiger partial charge on any atom is -0.303 e. The maximum Gasteiger partial charge on any atom is 0.154 e. The Balaban J connectivity index is 2.84. The summed E-state index contributed by atoms with van der Waals surface area (Å²) in [5.41, 5.74) is 1.06. The molecule has 0 N–H and O–H groups in total. The lowest BCUT2D eigenvalue weighted by Gasteiger charge is -2.10. The summed E-state index contributed by atoms with van der Waals surface area (Å²) >= 11 is 0. The van der Waals surface area contributed by atoms with Gasteiger partial charge in [0.25, 0.3) is 0 Å². The smallest absolute Gasteiger partial charge is 0.154 e. The van der Waals surface area contributed by atoms with Crippen LogP contribution >= 0.6 is 0 Å². The molecular formula is C11H17N3. The van der Waals surface area contributed by atoms with Gasteiger partial charge in [0.15, 0.2) is 5.82 Å². The fourth-order valence-corrected chi connectivity index (χ4v) is 1.36. The monoisotopic (exact) mass is 191 g/mol. The van der Waals surface area contributed by atoms with Gasteiger partial charge in [-0.1, -0.05) is 20.4 Å². The highest BCUT2D eigenvalue weighted by Crippen LogP contribution is 2.14. The molecule has 3 heteroatoms. The predicted molar refractivity (Wildman–Crippen MR) is 60.5 cm³/mol. The molecular weight excluding hydrogens is 174 g/mol. The van der Waals surface area contributed by atoms with E-state index in [9.17, 15) is 0 Å². The molecule has 0 radical (unpaired) electrons.